The number of hydrogen-bond acceptors (Lipinski definition) is 12. The highest BCUT2D eigenvalue weighted by molar-refractivity contribution is 6.31. The van der Waals surface area contributed by atoms with Gasteiger partial charge in [0.15, 0.2) is 17.7 Å². The molecule has 54 heavy (non-hydrogen) atoms. The minimum atomic E-state index is -0.822. The first-order valence-corrected chi connectivity index (χ1v) is 18.0. The van der Waals surface area contributed by atoms with Gasteiger partial charge in [-0.05, 0) is 86.0 Å². The molecule has 1 aliphatic rings. The van der Waals surface area contributed by atoms with Crippen LogP contribution in [0.15, 0.2) is 72.9 Å². The second kappa shape index (κ2) is 17.3. The molecule has 5 aromatic rings. The maximum absolute atomic E-state index is 13.2. The van der Waals surface area contributed by atoms with Crippen LogP contribution >= 0.6 is 23.2 Å². The van der Waals surface area contributed by atoms with E-state index in [2.05, 4.69) is 24.2 Å². The van der Waals surface area contributed by atoms with Crippen LogP contribution in [0.25, 0.3) is 22.6 Å². The lowest BCUT2D eigenvalue weighted by atomic mass is 10.0. The fraction of sp³-hybridized carbons (Fsp3) is 0.333. The zero-order valence-corrected chi connectivity index (χ0v) is 31.8. The van der Waals surface area contributed by atoms with Crippen molar-refractivity contribution < 1.29 is 38.0 Å². The molecule has 282 valence electrons. The highest BCUT2D eigenvalue weighted by Gasteiger charge is 2.41. The van der Waals surface area contributed by atoms with Gasteiger partial charge in [0.25, 0.3) is 0 Å². The average Bonchev–Trinajstić information content (AvgIpc) is 3.82. The molecule has 15 heteroatoms. The first-order chi connectivity index (χ1) is 26.1. The van der Waals surface area contributed by atoms with E-state index >= 15 is 0 Å². The van der Waals surface area contributed by atoms with Gasteiger partial charge in [-0.3, -0.25) is 0 Å². The molecule has 1 aliphatic heterocycles. The molecule has 2 aromatic heterocycles. The van der Waals surface area contributed by atoms with Gasteiger partial charge in [-0.25, -0.2) is 24.2 Å². The number of rotatable bonds is 14. The number of carbonyl (C=O) groups is 2. The van der Waals surface area contributed by atoms with Gasteiger partial charge < -0.3 is 28.4 Å². The largest absolute Gasteiger partial charge is 0.493 e. The Morgan fingerprint density at radius 1 is 0.889 bits per heavy atom. The number of aromatic nitrogens is 5. The van der Waals surface area contributed by atoms with Crippen molar-refractivity contribution >= 4 is 35.1 Å². The van der Waals surface area contributed by atoms with Crippen LogP contribution in [-0.4, -0.2) is 76.5 Å². The molecule has 0 aliphatic carbocycles. The van der Waals surface area contributed by atoms with E-state index in [1.54, 1.807) is 75.0 Å². The zero-order chi connectivity index (χ0) is 38.4. The van der Waals surface area contributed by atoms with E-state index in [4.69, 9.17) is 61.6 Å². The van der Waals surface area contributed by atoms with Gasteiger partial charge in [-0.1, -0.05) is 42.3 Å². The highest BCUT2D eigenvalue weighted by Crippen LogP contribution is 2.38. The summed E-state index contributed by atoms with van der Waals surface area (Å²) in [5.74, 6) is 0.512. The van der Waals surface area contributed by atoms with Gasteiger partial charge in [0.05, 0.1) is 43.8 Å². The average molecular weight is 777 g/mol. The Kier molecular flexibility index (Phi) is 12.3. The molecule has 13 nitrogen and oxygen atoms in total. The second-order valence-electron chi connectivity index (χ2n) is 12.8. The number of esters is 2. The molecule has 0 amide bonds. The van der Waals surface area contributed by atoms with Crippen LogP contribution < -0.4 is 14.2 Å². The molecule has 0 unspecified atom stereocenters. The third-order valence-electron chi connectivity index (χ3n) is 8.50. The number of hydrogen-bond donors (Lipinski definition) is 0. The van der Waals surface area contributed by atoms with Crippen LogP contribution in [0.3, 0.4) is 0 Å². The quantitative estimate of drug-likeness (QED) is 0.102. The van der Waals surface area contributed by atoms with Gasteiger partial charge in [0, 0.05) is 22.0 Å². The Bertz CT molecular complexity index is 2090. The van der Waals surface area contributed by atoms with Crippen molar-refractivity contribution in [1.29, 1.82) is 0 Å². The van der Waals surface area contributed by atoms with Crippen LogP contribution in [0.4, 0.5) is 0 Å². The summed E-state index contributed by atoms with van der Waals surface area (Å²) in [6.07, 6.45) is 0.128. The minimum Gasteiger partial charge on any atom is -0.493 e. The van der Waals surface area contributed by atoms with Crippen molar-refractivity contribution in [3.8, 4) is 40.0 Å². The summed E-state index contributed by atoms with van der Waals surface area (Å²) in [5, 5.41) is 9.82. The maximum atomic E-state index is 13.2. The van der Waals surface area contributed by atoms with Crippen molar-refractivity contribution in [3.05, 3.63) is 99.8 Å². The van der Waals surface area contributed by atoms with Gasteiger partial charge >= 0.3 is 11.9 Å². The van der Waals surface area contributed by atoms with Gasteiger partial charge in [-0.2, -0.15) is 0 Å². The highest BCUT2D eigenvalue weighted by atomic mass is 35.5. The van der Waals surface area contributed by atoms with E-state index in [0.29, 0.717) is 74.4 Å². The summed E-state index contributed by atoms with van der Waals surface area (Å²) >= 11 is 12.0. The second-order valence-corrected chi connectivity index (χ2v) is 13.7. The Morgan fingerprint density at radius 2 is 1.56 bits per heavy atom. The standard InChI is InChI=1S/C39H39Cl2N5O8/c1-6-51-37-35(25-11-16-30(49-4)31(18-25)50-5)42-28(17-22(2)3)36(43-37)29-20-46(45-44-29)34-19-32(54-39(48)24-9-14-27(41)15-10-24)33(53-34)21-52-38(47)23-7-12-26(40)13-8-23/h7-16,18,20,22,32-34H,6,17,19,21H2,1-5H3/t32-,33+,34+/m0/s1. The van der Waals surface area contributed by atoms with Crippen LogP contribution in [0.1, 0.15) is 59.8 Å². The van der Waals surface area contributed by atoms with Crippen molar-refractivity contribution in [3.63, 3.8) is 0 Å². The molecule has 3 heterocycles. The predicted octanol–water partition coefficient (Wildman–Crippen LogP) is 7.69. The number of halogens is 2. The van der Waals surface area contributed by atoms with E-state index in [-0.39, 0.29) is 18.9 Å². The van der Waals surface area contributed by atoms with E-state index in [0.717, 1.165) is 5.56 Å². The molecule has 0 radical (unpaired) electrons. The molecule has 1 fully saturated rings. The monoisotopic (exact) mass is 775 g/mol. The lowest BCUT2D eigenvalue weighted by Gasteiger charge is -2.19. The van der Waals surface area contributed by atoms with Gasteiger partial charge in [-0.15, -0.1) is 5.10 Å². The number of ether oxygens (including phenoxy) is 6. The first-order valence-electron chi connectivity index (χ1n) is 17.3. The Labute approximate surface area is 322 Å². The molecular formula is C39H39Cl2N5O8. The molecule has 0 spiro atoms. The third kappa shape index (κ3) is 8.92. The maximum Gasteiger partial charge on any atom is 0.338 e. The number of carbonyl (C=O) groups excluding carboxylic acids is 2. The molecule has 0 bridgehead atoms. The molecule has 3 atom stereocenters. The Hall–Kier alpha value is -5.24. The lowest BCUT2D eigenvalue weighted by molar-refractivity contribution is -0.0604. The molecule has 0 N–H and O–H groups in total. The summed E-state index contributed by atoms with van der Waals surface area (Å²) in [7, 11) is 3.15. The predicted molar refractivity (Wildman–Crippen MR) is 200 cm³/mol. The Morgan fingerprint density at radius 3 is 2.19 bits per heavy atom. The summed E-state index contributed by atoms with van der Waals surface area (Å²) in [6.45, 7) is 6.20. The van der Waals surface area contributed by atoms with E-state index in [1.165, 1.54) is 4.68 Å². The molecule has 0 saturated carbocycles. The fourth-order valence-corrected chi connectivity index (χ4v) is 6.13. The molecular weight excluding hydrogens is 737 g/mol. The zero-order valence-electron chi connectivity index (χ0n) is 30.3. The normalized spacial score (nSPS) is 16.6. The van der Waals surface area contributed by atoms with Crippen LogP contribution in [0.5, 0.6) is 17.4 Å². The topological polar surface area (TPSA) is 146 Å². The smallest absolute Gasteiger partial charge is 0.338 e. The van der Waals surface area contributed by atoms with Crippen molar-refractivity contribution in [2.45, 2.75) is 52.0 Å². The fourth-order valence-electron chi connectivity index (χ4n) is 5.88. The van der Waals surface area contributed by atoms with Crippen LogP contribution in [0.2, 0.25) is 10.0 Å². The van der Waals surface area contributed by atoms with Crippen molar-refractivity contribution in [2.75, 3.05) is 27.4 Å². The molecule has 6 rings (SSSR count). The number of nitrogens with zero attached hydrogens (tertiary/aromatic N) is 5. The first kappa shape index (κ1) is 38.5. The van der Waals surface area contributed by atoms with E-state index in [9.17, 15) is 9.59 Å². The van der Waals surface area contributed by atoms with E-state index in [1.807, 2.05) is 19.1 Å². The summed E-state index contributed by atoms with van der Waals surface area (Å²) in [6, 6.07) is 18.2. The Balaban J connectivity index is 1.29. The minimum absolute atomic E-state index is 0.193. The van der Waals surface area contributed by atoms with Crippen LogP contribution in [0, 0.1) is 5.92 Å². The lowest BCUT2D eigenvalue weighted by Crippen LogP contribution is -2.32. The SMILES string of the molecule is CCOc1nc(-c2cn([C@H]3C[C@H](OC(=O)c4ccc(Cl)cc4)[C@@H](COC(=O)c4ccc(Cl)cc4)O3)nn2)c(CC(C)C)nc1-c1ccc(OC)c(OC)c1. The van der Waals surface area contributed by atoms with Crippen molar-refractivity contribution in [1.82, 2.24) is 25.0 Å². The summed E-state index contributed by atoms with van der Waals surface area (Å²) in [5.41, 5.74) is 3.54. The van der Waals surface area contributed by atoms with Gasteiger partial charge in [0.2, 0.25) is 5.88 Å². The van der Waals surface area contributed by atoms with Crippen molar-refractivity contribution in [2.24, 2.45) is 5.92 Å². The number of methoxy groups -OCH3 is 2. The molecule has 3 aromatic carbocycles. The third-order valence-corrected chi connectivity index (χ3v) is 9.01. The summed E-state index contributed by atoms with van der Waals surface area (Å²) in [4.78, 5) is 36.0. The number of benzene rings is 3. The van der Waals surface area contributed by atoms with Gasteiger partial charge in [0.1, 0.15) is 35.9 Å². The van der Waals surface area contributed by atoms with Crippen LogP contribution in [-0.2, 0) is 20.6 Å². The van der Waals surface area contributed by atoms with E-state index < -0.39 is 30.4 Å². The molecule has 1 saturated heterocycles. The summed E-state index contributed by atoms with van der Waals surface area (Å²) < 4.78 is 36.3.